The minimum atomic E-state index is -4.45. The molecule has 3 N–H and O–H groups in total. The Morgan fingerprint density at radius 1 is 1.47 bits per heavy atom. The van der Waals surface area contributed by atoms with E-state index in [-0.39, 0.29) is 3.70 Å². The van der Waals surface area contributed by atoms with Crippen LogP contribution in [0.3, 0.4) is 0 Å². The van der Waals surface area contributed by atoms with Crippen LogP contribution in [0.2, 0.25) is 0 Å². The van der Waals surface area contributed by atoms with Crippen LogP contribution in [-0.4, -0.2) is 13.4 Å². The van der Waals surface area contributed by atoms with Crippen molar-refractivity contribution in [3.63, 3.8) is 0 Å². The van der Waals surface area contributed by atoms with Crippen LogP contribution in [0.4, 0.5) is 8.78 Å². The molecular formula is C6H5F2IN2O3S. The highest BCUT2D eigenvalue weighted by atomic mass is 127. The number of nitrogens with one attached hydrogen (secondary N) is 1. The van der Waals surface area contributed by atoms with Crippen molar-refractivity contribution >= 4 is 32.6 Å². The summed E-state index contributed by atoms with van der Waals surface area (Å²) >= 11 is 1.58. The largest absolute Gasteiger partial charge is 0.348 e. The van der Waals surface area contributed by atoms with Gasteiger partial charge >= 0.3 is 0 Å². The molecule has 15 heavy (non-hydrogen) atoms. The predicted molar refractivity (Wildman–Crippen MR) is 56.1 cm³/mol. The first-order chi connectivity index (χ1) is 6.73. The summed E-state index contributed by atoms with van der Waals surface area (Å²) in [5.41, 5.74) is -2.02. The van der Waals surface area contributed by atoms with E-state index in [0.29, 0.717) is 0 Å². The lowest BCUT2D eigenvalue weighted by Gasteiger charge is -2.06. The zero-order valence-electron chi connectivity index (χ0n) is 7.00. The molecule has 0 amide bonds. The minimum Gasteiger partial charge on any atom is -0.348 e. The maximum absolute atomic E-state index is 12.4. The SMILES string of the molecule is NS(=O)(=O)c1c(C(F)F)[nH]c(I)cc1=O. The van der Waals surface area contributed by atoms with Crippen molar-refractivity contribution in [3.8, 4) is 0 Å². The second-order valence-electron chi connectivity index (χ2n) is 2.57. The van der Waals surface area contributed by atoms with Crippen LogP contribution in [0.15, 0.2) is 15.8 Å². The van der Waals surface area contributed by atoms with E-state index in [1.54, 1.807) is 22.6 Å². The molecule has 0 unspecified atom stereocenters. The van der Waals surface area contributed by atoms with Crippen LogP contribution in [0, 0.1) is 3.70 Å². The van der Waals surface area contributed by atoms with E-state index in [2.05, 4.69) is 10.1 Å². The van der Waals surface area contributed by atoms with Crippen LogP contribution < -0.4 is 10.6 Å². The molecule has 1 aromatic rings. The first kappa shape index (κ1) is 12.5. The summed E-state index contributed by atoms with van der Waals surface area (Å²) in [4.78, 5) is 12.2. The Hall–Kier alpha value is -0.550. The van der Waals surface area contributed by atoms with Gasteiger partial charge in [0.25, 0.3) is 6.43 Å². The van der Waals surface area contributed by atoms with Crippen molar-refractivity contribution in [1.82, 2.24) is 4.98 Å². The van der Waals surface area contributed by atoms with Gasteiger partial charge in [0, 0.05) is 6.07 Å². The van der Waals surface area contributed by atoms with Crippen LogP contribution in [0.5, 0.6) is 0 Å². The fourth-order valence-electron chi connectivity index (χ4n) is 0.982. The van der Waals surface area contributed by atoms with E-state index in [1.807, 2.05) is 0 Å². The molecule has 0 atom stereocenters. The summed E-state index contributed by atoms with van der Waals surface area (Å²) in [7, 11) is -4.45. The summed E-state index contributed by atoms with van der Waals surface area (Å²) in [6.07, 6.45) is -3.11. The molecule has 0 aliphatic rings. The standard InChI is InChI=1S/C6H5F2IN2O3S/c7-6(8)4-5(15(10,13)14)2(12)1-3(9)11-4/h1,6H,(H,11,12)(H2,10,13,14). The molecular weight excluding hydrogens is 345 g/mol. The highest BCUT2D eigenvalue weighted by Crippen LogP contribution is 2.21. The number of aromatic amines is 1. The second-order valence-corrected chi connectivity index (χ2v) is 5.23. The number of hydrogen-bond donors (Lipinski definition) is 2. The van der Waals surface area contributed by atoms with Gasteiger partial charge in [0.2, 0.25) is 15.5 Å². The van der Waals surface area contributed by atoms with Gasteiger partial charge in [-0.3, -0.25) is 4.79 Å². The minimum absolute atomic E-state index is 0.111. The zero-order valence-corrected chi connectivity index (χ0v) is 9.97. The van der Waals surface area contributed by atoms with Crippen molar-refractivity contribution in [2.24, 2.45) is 5.14 Å². The van der Waals surface area contributed by atoms with Crippen molar-refractivity contribution in [3.05, 3.63) is 25.7 Å². The van der Waals surface area contributed by atoms with Crippen LogP contribution in [0.25, 0.3) is 0 Å². The van der Waals surface area contributed by atoms with Crippen molar-refractivity contribution in [1.29, 1.82) is 0 Å². The average molecular weight is 350 g/mol. The molecule has 0 spiro atoms. The lowest BCUT2D eigenvalue weighted by molar-refractivity contribution is 0.142. The molecule has 0 aliphatic carbocycles. The van der Waals surface area contributed by atoms with Crippen LogP contribution in [-0.2, 0) is 10.0 Å². The number of primary sulfonamides is 1. The van der Waals surface area contributed by atoms with Gasteiger partial charge in [-0.05, 0) is 22.6 Å². The molecule has 84 valence electrons. The Morgan fingerprint density at radius 2 is 2.00 bits per heavy atom. The number of halogens is 3. The molecule has 5 nitrogen and oxygen atoms in total. The highest BCUT2D eigenvalue weighted by molar-refractivity contribution is 14.1. The molecule has 0 fully saturated rings. The van der Waals surface area contributed by atoms with Gasteiger partial charge in [-0.2, -0.15) is 0 Å². The normalized spacial score (nSPS) is 12.1. The fourth-order valence-corrected chi connectivity index (χ4v) is 2.34. The topological polar surface area (TPSA) is 93.0 Å². The Kier molecular flexibility index (Phi) is 3.45. The lowest BCUT2D eigenvalue weighted by Crippen LogP contribution is -2.25. The number of nitrogens with two attached hydrogens (primary N) is 1. The van der Waals surface area contributed by atoms with Crippen LogP contribution >= 0.6 is 22.6 Å². The first-order valence-electron chi connectivity index (χ1n) is 3.47. The molecule has 1 rings (SSSR count). The molecule has 0 aromatic carbocycles. The maximum Gasteiger partial charge on any atom is 0.279 e. The van der Waals surface area contributed by atoms with E-state index in [9.17, 15) is 22.0 Å². The Morgan fingerprint density at radius 3 is 2.40 bits per heavy atom. The van der Waals surface area contributed by atoms with E-state index in [1.165, 1.54) is 0 Å². The number of hydrogen-bond acceptors (Lipinski definition) is 3. The van der Waals surface area contributed by atoms with E-state index in [4.69, 9.17) is 0 Å². The molecule has 0 bridgehead atoms. The zero-order chi connectivity index (χ0) is 11.8. The van der Waals surface area contributed by atoms with Gasteiger partial charge in [0.05, 0.1) is 3.70 Å². The summed E-state index contributed by atoms with van der Waals surface area (Å²) in [6, 6.07) is 0.881. The fraction of sp³-hybridized carbons (Fsp3) is 0.167. The molecule has 0 radical (unpaired) electrons. The van der Waals surface area contributed by atoms with Crippen molar-refractivity contribution < 1.29 is 17.2 Å². The Labute approximate surface area is 96.9 Å². The number of pyridine rings is 1. The number of H-pyrrole nitrogens is 1. The third kappa shape index (κ3) is 2.72. The van der Waals surface area contributed by atoms with Gasteiger partial charge < -0.3 is 4.98 Å². The summed E-state index contributed by atoms with van der Waals surface area (Å²) in [5, 5.41) is 4.66. The van der Waals surface area contributed by atoms with E-state index < -0.39 is 32.5 Å². The summed E-state index contributed by atoms with van der Waals surface area (Å²) < 4.78 is 46.8. The molecule has 9 heteroatoms. The summed E-state index contributed by atoms with van der Waals surface area (Å²) in [6.45, 7) is 0. The quantitative estimate of drug-likeness (QED) is 0.603. The van der Waals surface area contributed by atoms with Crippen molar-refractivity contribution in [2.75, 3.05) is 0 Å². The van der Waals surface area contributed by atoms with Gasteiger partial charge in [-0.25, -0.2) is 22.3 Å². The monoisotopic (exact) mass is 350 g/mol. The number of alkyl halides is 2. The second kappa shape index (κ2) is 4.14. The Bertz CT molecular complexity index is 540. The average Bonchev–Trinajstić information content (AvgIpc) is 1.99. The molecule has 0 aliphatic heterocycles. The van der Waals surface area contributed by atoms with E-state index in [0.717, 1.165) is 6.07 Å². The molecule has 1 aromatic heterocycles. The number of sulfonamides is 1. The van der Waals surface area contributed by atoms with E-state index >= 15 is 0 Å². The Balaban J connectivity index is 3.71. The van der Waals surface area contributed by atoms with Gasteiger partial charge in [0.1, 0.15) is 5.69 Å². The van der Waals surface area contributed by atoms with Gasteiger partial charge in [-0.1, -0.05) is 0 Å². The number of rotatable bonds is 2. The van der Waals surface area contributed by atoms with Gasteiger partial charge in [0.15, 0.2) is 4.90 Å². The molecule has 0 saturated heterocycles. The smallest absolute Gasteiger partial charge is 0.279 e. The lowest BCUT2D eigenvalue weighted by atomic mass is 10.3. The highest BCUT2D eigenvalue weighted by Gasteiger charge is 2.25. The molecule has 0 saturated carbocycles. The third-order valence-corrected chi connectivity index (χ3v) is 3.05. The van der Waals surface area contributed by atoms with Crippen molar-refractivity contribution in [2.45, 2.75) is 11.3 Å². The third-order valence-electron chi connectivity index (χ3n) is 1.48. The first-order valence-corrected chi connectivity index (χ1v) is 6.09. The molecule has 1 heterocycles. The number of aromatic nitrogens is 1. The summed E-state index contributed by atoms with van der Waals surface area (Å²) in [5.74, 6) is 0. The maximum atomic E-state index is 12.4. The van der Waals surface area contributed by atoms with Crippen LogP contribution in [0.1, 0.15) is 12.1 Å². The van der Waals surface area contributed by atoms with Gasteiger partial charge in [-0.15, -0.1) is 0 Å². The predicted octanol–water partition coefficient (Wildman–Crippen LogP) is 0.565.